The van der Waals surface area contributed by atoms with Crippen molar-refractivity contribution in [3.8, 4) is 34.5 Å². The molecule has 0 saturated heterocycles. The summed E-state index contributed by atoms with van der Waals surface area (Å²) in [7, 11) is 0. The molecule has 6 unspecified atom stereocenters. The minimum absolute atomic E-state index is 0.00437. The molecule has 1 fully saturated rings. The Balaban J connectivity index is 0.000000428. The van der Waals surface area contributed by atoms with E-state index in [0.717, 1.165) is 137 Å². The standard InChI is InChI=1S/C14H20O2.C14H22O2.C13H26O2.C12H16F2O2.2C12H17FO2.C12H19NO2/c1-2-3-5-11-6-4-7-12-8-9-13(10-15)16-14(11)12;1-11(2)8-9-13-6-4-5-7-14(13)16-12(3)10-15;1-3-4-7-12-8-5-6-9-13(12)15-11(2)10-14;1-2-3-4-9-5-6-10(13)11(14)12(9)16-8-7-15;1-2-3-5-10-11(13)6-4-7-12(10)15-9-8-14;1-2-3-5-10-6-4-7-11(13)12(10)15-9-8-14;1-3-4-6-11-12(7-5-8-13-11)15-10(2)9-14/h4,6-7,13,15H,2-3,5,8-10H2,1H3;4-7,11-12,15H,8-10H2,1-3H3;11-14H,3-10H2,1-2H3;5-6,15H,2-4,7-8H2,1H3;2*4,6-7,14H,2-3,5,8-9H2,1H3;5,7-8,10,14H,3-4,6,9H2,1-2H3. The van der Waals surface area contributed by atoms with E-state index in [1.165, 1.54) is 92.7 Å². The van der Waals surface area contributed by atoms with Crippen molar-refractivity contribution in [1.29, 1.82) is 0 Å². The van der Waals surface area contributed by atoms with E-state index in [9.17, 15) is 17.6 Å². The second-order valence-electron chi connectivity index (χ2n) is 28.0. The van der Waals surface area contributed by atoms with Crippen LogP contribution >= 0.6 is 0 Å². The minimum Gasteiger partial charge on any atom is -0.491 e. The highest BCUT2D eigenvalue weighted by Crippen LogP contribution is 2.34. The van der Waals surface area contributed by atoms with Gasteiger partial charge in [-0.3, -0.25) is 4.98 Å². The summed E-state index contributed by atoms with van der Waals surface area (Å²) in [5.41, 5.74) is 6.97. The van der Waals surface area contributed by atoms with Crippen molar-refractivity contribution in [2.24, 2.45) is 11.8 Å². The molecular formula is C89H137F4NO14. The number of nitrogens with zero attached hydrogens (tertiary/aromatic N) is 1. The second kappa shape index (κ2) is 61.2. The van der Waals surface area contributed by atoms with E-state index < -0.39 is 11.6 Å². The summed E-state index contributed by atoms with van der Waals surface area (Å²) in [6.07, 6.45) is 29.8. The predicted molar refractivity (Wildman–Crippen MR) is 427 cm³/mol. The first-order chi connectivity index (χ1) is 52.3. The van der Waals surface area contributed by atoms with Crippen LogP contribution < -0.4 is 28.4 Å². The molecule has 1 aliphatic heterocycles. The third-order valence-electron chi connectivity index (χ3n) is 18.0. The monoisotopic (exact) mass is 1520 g/mol. The Labute approximate surface area is 646 Å². The van der Waals surface area contributed by atoms with Gasteiger partial charge in [-0.2, -0.15) is 4.39 Å². The molecule has 0 amide bonds. The van der Waals surface area contributed by atoms with Gasteiger partial charge in [0.25, 0.3) is 0 Å². The van der Waals surface area contributed by atoms with Crippen molar-refractivity contribution in [1.82, 2.24) is 4.98 Å². The molecule has 0 spiro atoms. The van der Waals surface area contributed by atoms with E-state index in [4.69, 9.17) is 68.9 Å². The lowest BCUT2D eigenvalue weighted by atomic mass is 9.83. The number of benzene rings is 5. The van der Waals surface area contributed by atoms with Crippen LogP contribution in [-0.2, 0) is 49.7 Å². The minimum atomic E-state index is -0.970. The molecule has 6 aromatic rings. The molecule has 19 heteroatoms. The van der Waals surface area contributed by atoms with Crippen LogP contribution in [0.1, 0.15) is 237 Å². The zero-order valence-electron chi connectivity index (χ0n) is 67.3. The number of aliphatic hydroxyl groups is 7. The van der Waals surface area contributed by atoms with Gasteiger partial charge >= 0.3 is 0 Å². The summed E-state index contributed by atoms with van der Waals surface area (Å²) >= 11 is 0. The number of pyridine rings is 1. The SMILES string of the molecule is CC(C)CCc1ccccc1OC(C)CO.CCCCC1CCCCC1OC(C)CO.CCCCc1c(F)cccc1OCCO.CCCCc1ccc(F)c(F)c1OCCO.CCCCc1cccc(F)c1OCCO.CCCCc1cccc2c1OC(CO)CC2.CCCCc1ncccc1OC(C)CO. The van der Waals surface area contributed by atoms with E-state index in [0.29, 0.717) is 47.5 Å². The van der Waals surface area contributed by atoms with Crippen LogP contribution in [0, 0.1) is 35.1 Å². The summed E-state index contributed by atoms with van der Waals surface area (Å²) in [4.78, 5) is 4.30. The molecular weight excluding hydrogens is 1380 g/mol. The summed E-state index contributed by atoms with van der Waals surface area (Å²) in [6.45, 7) is 23.2. The topological polar surface area (TPSA) is 219 Å². The quantitative estimate of drug-likeness (QED) is 0.0178. The number of rotatable bonds is 40. The van der Waals surface area contributed by atoms with Crippen molar-refractivity contribution in [2.75, 3.05) is 66.1 Å². The highest BCUT2D eigenvalue weighted by molar-refractivity contribution is 5.43. The second-order valence-corrected chi connectivity index (χ2v) is 28.0. The number of hydrogen-bond acceptors (Lipinski definition) is 15. The maximum absolute atomic E-state index is 13.5. The Kier molecular flexibility index (Phi) is 55.2. The van der Waals surface area contributed by atoms with Crippen LogP contribution in [0.15, 0.2) is 109 Å². The van der Waals surface area contributed by atoms with Crippen LogP contribution in [0.25, 0.3) is 0 Å². The van der Waals surface area contributed by atoms with Gasteiger partial charge in [0, 0.05) is 11.8 Å². The third kappa shape index (κ3) is 39.9. The highest BCUT2D eigenvalue weighted by atomic mass is 19.2. The first kappa shape index (κ1) is 97.5. The number of halogens is 4. The van der Waals surface area contributed by atoms with E-state index in [1.807, 2.05) is 64.1 Å². The van der Waals surface area contributed by atoms with Gasteiger partial charge in [0.1, 0.15) is 66.9 Å². The Bertz CT molecular complexity index is 3150. The number of para-hydroxylation sites is 3. The average molecular weight is 1520 g/mol. The summed E-state index contributed by atoms with van der Waals surface area (Å²) < 4.78 is 91.8. The van der Waals surface area contributed by atoms with Gasteiger partial charge in [-0.25, -0.2) is 13.2 Å². The van der Waals surface area contributed by atoms with Crippen molar-refractivity contribution in [3.05, 3.63) is 172 Å². The summed E-state index contributed by atoms with van der Waals surface area (Å²) in [6, 6.07) is 30.6. The fourth-order valence-corrected chi connectivity index (χ4v) is 11.8. The first-order valence-electron chi connectivity index (χ1n) is 40.3. The molecule has 2 aliphatic rings. The normalized spacial score (nSPS) is 14.9. The van der Waals surface area contributed by atoms with Crippen molar-refractivity contribution in [3.63, 3.8) is 0 Å². The Hall–Kier alpha value is -6.55. The zero-order chi connectivity index (χ0) is 79.7. The van der Waals surface area contributed by atoms with Crippen LogP contribution in [0.5, 0.6) is 34.5 Å². The number of ether oxygens (including phenoxy) is 7. The molecule has 1 aliphatic carbocycles. The molecule has 2 heterocycles. The Morgan fingerprint density at radius 1 is 0.463 bits per heavy atom. The fourth-order valence-electron chi connectivity index (χ4n) is 11.8. The molecule has 15 nitrogen and oxygen atoms in total. The number of aromatic nitrogens is 1. The maximum atomic E-state index is 13.5. The highest BCUT2D eigenvalue weighted by Gasteiger charge is 2.27. The number of unbranched alkanes of at least 4 members (excludes halogenated alkanes) is 6. The van der Waals surface area contributed by atoms with Crippen LogP contribution in [0.4, 0.5) is 17.6 Å². The smallest absolute Gasteiger partial charge is 0.200 e. The third-order valence-corrected chi connectivity index (χ3v) is 18.0. The molecule has 5 aromatic carbocycles. The number of aliphatic hydroxyl groups excluding tert-OH is 7. The van der Waals surface area contributed by atoms with Gasteiger partial charge in [-0.05, 0) is 212 Å². The van der Waals surface area contributed by atoms with Gasteiger partial charge < -0.3 is 68.9 Å². The van der Waals surface area contributed by atoms with Crippen molar-refractivity contribution >= 4 is 0 Å². The molecule has 7 N–H and O–H groups in total. The summed E-state index contributed by atoms with van der Waals surface area (Å²) in [5, 5.41) is 62.0. The van der Waals surface area contributed by atoms with E-state index in [-0.39, 0.29) is 108 Å². The summed E-state index contributed by atoms with van der Waals surface area (Å²) in [5.74, 6) is 2.50. The van der Waals surface area contributed by atoms with Crippen LogP contribution in [0.3, 0.4) is 0 Å². The van der Waals surface area contributed by atoms with Gasteiger partial charge in [-0.1, -0.05) is 174 Å². The lowest BCUT2D eigenvalue weighted by molar-refractivity contribution is -0.0721. The molecule has 610 valence electrons. The molecule has 0 bridgehead atoms. The lowest BCUT2D eigenvalue weighted by Gasteiger charge is -2.33. The van der Waals surface area contributed by atoms with Gasteiger partial charge in [0.2, 0.25) is 5.82 Å². The van der Waals surface area contributed by atoms with E-state index in [1.54, 1.807) is 24.4 Å². The van der Waals surface area contributed by atoms with Crippen LogP contribution in [0.2, 0.25) is 0 Å². The van der Waals surface area contributed by atoms with Crippen LogP contribution in [-0.4, -0.2) is 137 Å². The first-order valence-corrected chi connectivity index (χ1v) is 40.3. The molecule has 1 saturated carbocycles. The molecule has 0 radical (unpaired) electrons. The maximum Gasteiger partial charge on any atom is 0.200 e. The average Bonchev–Trinajstić information content (AvgIpc) is 0.822. The lowest BCUT2D eigenvalue weighted by Crippen LogP contribution is -2.32. The van der Waals surface area contributed by atoms with Gasteiger partial charge in [0.15, 0.2) is 23.1 Å². The van der Waals surface area contributed by atoms with E-state index >= 15 is 0 Å². The number of fused-ring (bicyclic) bond motifs is 1. The Morgan fingerprint density at radius 3 is 1.60 bits per heavy atom. The fraction of sp³-hybridized carbons (Fsp3) is 0.607. The number of hydrogen-bond donors (Lipinski definition) is 7. The van der Waals surface area contributed by atoms with Crippen molar-refractivity contribution in [2.45, 2.75) is 274 Å². The van der Waals surface area contributed by atoms with E-state index in [2.05, 4.69) is 77.7 Å². The largest absolute Gasteiger partial charge is 0.491 e. The molecule has 108 heavy (non-hydrogen) atoms. The molecule has 1 aromatic heterocycles. The number of aryl methyl sites for hydroxylation is 6. The Morgan fingerprint density at radius 2 is 0.981 bits per heavy atom. The van der Waals surface area contributed by atoms with Crippen molar-refractivity contribution < 1.29 is 86.5 Å². The molecule has 6 atom stereocenters. The molecule has 8 rings (SSSR count). The van der Waals surface area contributed by atoms with Gasteiger partial charge in [0.05, 0.1) is 64.2 Å². The predicted octanol–water partition coefficient (Wildman–Crippen LogP) is 18.8. The zero-order valence-corrected chi connectivity index (χ0v) is 67.3. The van der Waals surface area contributed by atoms with Gasteiger partial charge in [-0.15, -0.1) is 0 Å².